The molecule has 0 bridgehead atoms. The van der Waals surface area contributed by atoms with Crippen LogP contribution in [0.3, 0.4) is 0 Å². The molecule has 0 spiro atoms. The number of rotatable bonds is 5. The van der Waals surface area contributed by atoms with E-state index in [0.717, 1.165) is 0 Å². The second-order valence-electron chi connectivity index (χ2n) is 6.22. The van der Waals surface area contributed by atoms with Crippen LogP contribution in [-0.4, -0.2) is 49.1 Å². The Morgan fingerprint density at radius 3 is 2.65 bits per heavy atom. The highest BCUT2D eigenvalue weighted by Gasteiger charge is 2.31. The lowest BCUT2D eigenvalue weighted by atomic mass is 10.2. The molecule has 0 radical (unpaired) electrons. The lowest BCUT2D eigenvalue weighted by molar-refractivity contribution is 0.0944. The number of anilines is 1. The molecule has 1 aromatic carbocycles. The number of hydrogen-bond acceptors (Lipinski definition) is 6. The van der Waals surface area contributed by atoms with Crippen LogP contribution in [0.15, 0.2) is 36.4 Å². The van der Waals surface area contributed by atoms with Crippen LogP contribution in [0.2, 0.25) is 0 Å². The van der Waals surface area contributed by atoms with Crippen molar-refractivity contribution < 1.29 is 17.6 Å². The van der Waals surface area contributed by atoms with Crippen molar-refractivity contribution in [3.05, 3.63) is 53.5 Å². The summed E-state index contributed by atoms with van der Waals surface area (Å²) in [6.45, 7) is 0.0504. The summed E-state index contributed by atoms with van der Waals surface area (Å²) in [5.41, 5.74) is 0.491. The first kappa shape index (κ1) is 18.2. The molecule has 1 aliphatic rings. The largest absolute Gasteiger partial charge is 0.354 e. The van der Waals surface area contributed by atoms with Gasteiger partial charge in [-0.2, -0.15) is 0 Å². The average molecular weight is 378 g/mol. The van der Waals surface area contributed by atoms with Crippen molar-refractivity contribution in [1.82, 2.24) is 15.5 Å². The topological polar surface area (TPSA) is 92.3 Å². The van der Waals surface area contributed by atoms with Gasteiger partial charge in [-0.25, -0.2) is 12.8 Å². The Morgan fingerprint density at radius 1 is 1.27 bits per heavy atom. The van der Waals surface area contributed by atoms with E-state index in [1.807, 2.05) is 0 Å². The lowest BCUT2D eigenvalue weighted by Gasteiger charge is -2.23. The summed E-state index contributed by atoms with van der Waals surface area (Å²) < 4.78 is 36.7. The zero-order valence-corrected chi connectivity index (χ0v) is 15.0. The number of carbonyl (C=O) groups excluding carboxylic acids is 1. The minimum absolute atomic E-state index is 0.0504. The van der Waals surface area contributed by atoms with Crippen LogP contribution in [0.1, 0.15) is 22.5 Å². The Kier molecular flexibility index (Phi) is 5.17. The summed E-state index contributed by atoms with van der Waals surface area (Å²) >= 11 is 0. The number of nitrogens with one attached hydrogen (secondary N) is 1. The predicted octanol–water partition coefficient (Wildman–Crippen LogP) is 1.17. The molecule has 26 heavy (non-hydrogen) atoms. The van der Waals surface area contributed by atoms with Crippen LogP contribution < -0.4 is 10.2 Å². The number of aromatic nitrogens is 2. The number of benzene rings is 1. The molecule has 1 unspecified atom stereocenters. The van der Waals surface area contributed by atoms with Gasteiger partial charge in [0.2, 0.25) is 0 Å². The van der Waals surface area contributed by atoms with Gasteiger partial charge in [0.05, 0.1) is 11.5 Å². The Hall–Kier alpha value is -2.55. The lowest BCUT2D eigenvalue weighted by Crippen LogP contribution is -2.33. The molecule has 1 saturated heterocycles. The second-order valence-corrected chi connectivity index (χ2v) is 8.45. The molecule has 7 nitrogen and oxygen atoms in total. The fourth-order valence-corrected chi connectivity index (χ4v) is 4.58. The molecule has 1 fully saturated rings. The SMILES string of the molecule is CN(c1ccc(C(=O)NCc2ccccc2F)nn1)C1CCS(=O)(=O)C1. The van der Waals surface area contributed by atoms with Crippen molar-refractivity contribution in [3.8, 4) is 0 Å². The summed E-state index contributed by atoms with van der Waals surface area (Å²) in [5.74, 6) is -0.0827. The van der Waals surface area contributed by atoms with Gasteiger partial charge >= 0.3 is 0 Å². The second kappa shape index (κ2) is 7.36. The van der Waals surface area contributed by atoms with E-state index in [-0.39, 0.29) is 35.6 Å². The third-order valence-corrected chi connectivity index (χ3v) is 6.15. The normalized spacial score (nSPS) is 18.5. The molecule has 1 amide bonds. The van der Waals surface area contributed by atoms with Crippen molar-refractivity contribution in [2.75, 3.05) is 23.5 Å². The zero-order valence-electron chi connectivity index (χ0n) is 14.2. The van der Waals surface area contributed by atoms with E-state index in [0.29, 0.717) is 17.8 Å². The first-order valence-electron chi connectivity index (χ1n) is 8.14. The number of amides is 1. The molecule has 2 heterocycles. The first-order chi connectivity index (χ1) is 12.4. The predicted molar refractivity (Wildman–Crippen MR) is 95.1 cm³/mol. The Labute approximate surface area is 151 Å². The van der Waals surface area contributed by atoms with Gasteiger partial charge in [0, 0.05) is 25.2 Å². The fraction of sp³-hybridized carbons (Fsp3) is 0.353. The number of carbonyl (C=O) groups is 1. The van der Waals surface area contributed by atoms with Crippen LogP contribution in [0.25, 0.3) is 0 Å². The molecular formula is C17H19FN4O3S. The smallest absolute Gasteiger partial charge is 0.272 e. The van der Waals surface area contributed by atoms with E-state index in [9.17, 15) is 17.6 Å². The summed E-state index contributed by atoms with van der Waals surface area (Å²) in [7, 11) is -1.23. The van der Waals surface area contributed by atoms with Gasteiger partial charge in [0.1, 0.15) is 5.82 Å². The Morgan fingerprint density at radius 2 is 2.04 bits per heavy atom. The third kappa shape index (κ3) is 4.16. The zero-order chi connectivity index (χ0) is 18.7. The molecular weight excluding hydrogens is 359 g/mol. The molecule has 3 rings (SSSR count). The summed E-state index contributed by atoms with van der Waals surface area (Å²) in [6, 6.07) is 9.18. The summed E-state index contributed by atoms with van der Waals surface area (Å²) in [6.07, 6.45) is 0.547. The summed E-state index contributed by atoms with van der Waals surface area (Å²) in [5, 5.41) is 10.5. The van der Waals surface area contributed by atoms with Crippen molar-refractivity contribution in [3.63, 3.8) is 0 Å². The average Bonchev–Trinajstić information content (AvgIpc) is 3.00. The van der Waals surface area contributed by atoms with Crippen LogP contribution in [0.4, 0.5) is 10.2 Å². The number of nitrogens with zero attached hydrogens (tertiary/aromatic N) is 3. The van der Waals surface area contributed by atoms with Crippen LogP contribution in [0, 0.1) is 5.82 Å². The first-order valence-corrected chi connectivity index (χ1v) is 9.96. The maximum atomic E-state index is 13.6. The summed E-state index contributed by atoms with van der Waals surface area (Å²) in [4.78, 5) is 13.9. The van der Waals surface area contributed by atoms with Gasteiger partial charge < -0.3 is 10.2 Å². The van der Waals surface area contributed by atoms with Gasteiger partial charge in [-0.1, -0.05) is 18.2 Å². The van der Waals surface area contributed by atoms with Crippen molar-refractivity contribution in [2.45, 2.75) is 19.0 Å². The minimum atomic E-state index is -2.99. The molecule has 0 aliphatic carbocycles. The molecule has 9 heteroatoms. The number of sulfone groups is 1. The highest BCUT2D eigenvalue weighted by Crippen LogP contribution is 2.20. The number of hydrogen-bond donors (Lipinski definition) is 1. The minimum Gasteiger partial charge on any atom is -0.354 e. The van der Waals surface area contributed by atoms with E-state index in [1.54, 1.807) is 36.2 Å². The molecule has 0 saturated carbocycles. The molecule has 138 valence electrons. The van der Waals surface area contributed by atoms with E-state index in [1.165, 1.54) is 12.1 Å². The molecule has 1 aliphatic heterocycles. The highest BCUT2D eigenvalue weighted by atomic mass is 32.2. The monoisotopic (exact) mass is 378 g/mol. The fourth-order valence-electron chi connectivity index (χ4n) is 2.81. The van der Waals surface area contributed by atoms with Crippen molar-refractivity contribution in [2.24, 2.45) is 0 Å². The molecule has 1 aromatic heterocycles. The van der Waals surface area contributed by atoms with Gasteiger partial charge in [0.25, 0.3) is 5.91 Å². The van der Waals surface area contributed by atoms with Gasteiger partial charge in [-0.05, 0) is 24.6 Å². The number of halogens is 1. The maximum Gasteiger partial charge on any atom is 0.272 e. The standard InChI is InChI=1S/C17H19FN4O3S/c1-22(13-8-9-26(24,25)11-13)16-7-6-15(20-21-16)17(23)19-10-12-4-2-3-5-14(12)18/h2-7,13H,8-11H2,1H3,(H,19,23). The maximum absolute atomic E-state index is 13.6. The van der Waals surface area contributed by atoms with E-state index in [4.69, 9.17) is 0 Å². The molecule has 1 atom stereocenters. The van der Waals surface area contributed by atoms with E-state index >= 15 is 0 Å². The third-order valence-electron chi connectivity index (χ3n) is 4.40. The van der Waals surface area contributed by atoms with Crippen molar-refractivity contribution in [1.29, 1.82) is 0 Å². The van der Waals surface area contributed by atoms with Crippen molar-refractivity contribution >= 4 is 21.6 Å². The van der Waals surface area contributed by atoms with Gasteiger partial charge in [-0.15, -0.1) is 10.2 Å². The highest BCUT2D eigenvalue weighted by molar-refractivity contribution is 7.91. The van der Waals surface area contributed by atoms with Crippen LogP contribution in [0.5, 0.6) is 0 Å². The van der Waals surface area contributed by atoms with Gasteiger partial charge in [-0.3, -0.25) is 4.79 Å². The van der Waals surface area contributed by atoms with Crippen LogP contribution in [-0.2, 0) is 16.4 Å². The molecule has 1 N–H and O–H groups in total. The Balaban J connectivity index is 1.62. The van der Waals surface area contributed by atoms with Crippen LogP contribution >= 0.6 is 0 Å². The quantitative estimate of drug-likeness (QED) is 0.840. The Bertz CT molecular complexity index is 902. The van der Waals surface area contributed by atoms with E-state index < -0.39 is 15.7 Å². The van der Waals surface area contributed by atoms with Gasteiger partial charge in [0.15, 0.2) is 21.3 Å². The van der Waals surface area contributed by atoms with E-state index in [2.05, 4.69) is 15.5 Å². The molecule has 2 aromatic rings.